The van der Waals surface area contributed by atoms with E-state index in [1.165, 1.54) is 77.0 Å². The monoisotopic (exact) mass is 348 g/mol. The molecule has 0 saturated heterocycles. The molecule has 0 spiro atoms. The van der Waals surface area contributed by atoms with Gasteiger partial charge in [0.25, 0.3) is 0 Å². The zero-order chi connectivity index (χ0) is 16.3. The van der Waals surface area contributed by atoms with Gasteiger partial charge in [-0.1, -0.05) is 39.0 Å². The number of hydrogen-bond donors (Lipinski definition) is 1. The Bertz CT molecular complexity index is 267. The van der Waals surface area contributed by atoms with Crippen molar-refractivity contribution in [2.75, 3.05) is 6.61 Å². The van der Waals surface area contributed by atoms with Gasteiger partial charge in [0.2, 0.25) is 0 Å². The Morgan fingerprint density at radius 2 is 1.23 bits per heavy atom. The molecule has 0 bridgehead atoms. The zero-order valence-electron chi connectivity index (χ0n) is 14.5. The Kier molecular flexibility index (Phi) is 19.4. The Balaban J connectivity index is 3.06. The molecule has 0 heterocycles. The maximum atomic E-state index is 10.4. The summed E-state index contributed by atoms with van der Waals surface area (Å²) >= 11 is -3.26. The van der Waals surface area contributed by atoms with E-state index >= 15 is 0 Å². The molecular formula is C18H36O3Ti. The molecule has 0 aliphatic heterocycles. The fourth-order valence-electron chi connectivity index (χ4n) is 2.51. The van der Waals surface area contributed by atoms with E-state index in [9.17, 15) is 3.32 Å². The van der Waals surface area contributed by atoms with Gasteiger partial charge in [-0.25, -0.2) is 0 Å². The van der Waals surface area contributed by atoms with Gasteiger partial charge in [-0.05, 0) is 6.42 Å². The zero-order valence-corrected chi connectivity index (χ0v) is 16.1. The molecule has 0 atom stereocenters. The average molecular weight is 348 g/mol. The van der Waals surface area contributed by atoms with Crippen LogP contribution in [0.25, 0.3) is 0 Å². The van der Waals surface area contributed by atoms with Crippen molar-refractivity contribution >= 4 is 0 Å². The quantitative estimate of drug-likeness (QED) is 0.204. The standard InChI is InChI=1S/C18H35O.H2O.O.Ti/c1-2-3-4-5-6-7-8-9-10-11-12-13-14-15-16-17-18-19;;;/h9-10H,2-8,11-18H2,1H3;1H2;;/q-1;;;+2/p-1/b10-9-;;;. The SMILES string of the molecule is CCCCCCCC/C=C\CCCCCCCC[O][Ti](=[O])[OH]. The normalized spacial score (nSPS) is 11.4. The van der Waals surface area contributed by atoms with E-state index in [0.717, 1.165) is 12.8 Å². The Labute approximate surface area is 144 Å². The van der Waals surface area contributed by atoms with Gasteiger partial charge in [-0.2, -0.15) is 0 Å². The first-order valence-corrected chi connectivity index (χ1v) is 11.3. The van der Waals surface area contributed by atoms with Gasteiger partial charge in [0, 0.05) is 0 Å². The number of allylic oxidation sites excluding steroid dienone is 2. The van der Waals surface area contributed by atoms with Crippen molar-refractivity contribution in [2.24, 2.45) is 0 Å². The van der Waals surface area contributed by atoms with Gasteiger partial charge >= 0.3 is 99.1 Å². The first-order chi connectivity index (χ1) is 10.8. The predicted molar refractivity (Wildman–Crippen MR) is 88.3 cm³/mol. The summed E-state index contributed by atoms with van der Waals surface area (Å²) in [6, 6.07) is 0. The third-order valence-electron chi connectivity index (χ3n) is 3.88. The molecule has 0 aliphatic carbocycles. The molecule has 22 heavy (non-hydrogen) atoms. The Morgan fingerprint density at radius 1 is 0.773 bits per heavy atom. The van der Waals surface area contributed by atoms with Gasteiger partial charge < -0.3 is 0 Å². The third kappa shape index (κ3) is 20.2. The van der Waals surface area contributed by atoms with E-state index in [1.54, 1.807) is 0 Å². The van der Waals surface area contributed by atoms with Crippen LogP contribution >= 0.6 is 0 Å². The molecule has 1 N–H and O–H groups in total. The van der Waals surface area contributed by atoms with E-state index in [2.05, 4.69) is 19.1 Å². The van der Waals surface area contributed by atoms with Crippen LogP contribution in [0, 0.1) is 0 Å². The predicted octanol–water partition coefficient (Wildman–Crippen LogP) is 5.83. The van der Waals surface area contributed by atoms with Crippen molar-refractivity contribution in [3.05, 3.63) is 12.2 Å². The van der Waals surface area contributed by atoms with Crippen molar-refractivity contribution in [1.29, 1.82) is 0 Å². The Morgan fingerprint density at radius 3 is 1.73 bits per heavy atom. The van der Waals surface area contributed by atoms with E-state index in [0.29, 0.717) is 6.61 Å². The molecule has 0 aromatic carbocycles. The second kappa shape index (κ2) is 19.2. The summed E-state index contributed by atoms with van der Waals surface area (Å²) in [5.74, 6) is 0. The van der Waals surface area contributed by atoms with Crippen LogP contribution in [-0.4, -0.2) is 10.3 Å². The number of hydrogen-bond acceptors (Lipinski definition) is 2. The van der Waals surface area contributed by atoms with Crippen LogP contribution < -0.4 is 0 Å². The summed E-state index contributed by atoms with van der Waals surface area (Å²) in [4.78, 5) is 0. The first kappa shape index (κ1) is 22.2. The molecule has 130 valence electrons. The van der Waals surface area contributed by atoms with Gasteiger partial charge in [0.05, 0.1) is 0 Å². The number of rotatable bonds is 17. The van der Waals surface area contributed by atoms with Crippen LogP contribution in [-0.2, 0) is 25.3 Å². The van der Waals surface area contributed by atoms with Crippen molar-refractivity contribution in [1.82, 2.24) is 0 Å². The maximum absolute atomic E-state index is 10.4. The molecule has 0 unspecified atom stereocenters. The fourth-order valence-corrected chi connectivity index (χ4v) is 3.01. The molecule has 0 fully saturated rings. The van der Waals surface area contributed by atoms with E-state index in [4.69, 9.17) is 7.01 Å². The van der Waals surface area contributed by atoms with Crippen LogP contribution in [0.2, 0.25) is 0 Å². The van der Waals surface area contributed by atoms with Gasteiger partial charge in [-0.3, -0.25) is 0 Å². The van der Waals surface area contributed by atoms with E-state index < -0.39 is 18.6 Å². The molecule has 0 aromatic heterocycles. The second-order valence-corrected chi connectivity index (χ2v) is 7.33. The summed E-state index contributed by atoms with van der Waals surface area (Å²) in [5, 5.41) is 0. The first-order valence-electron chi connectivity index (χ1n) is 9.28. The number of unbranched alkanes of at least 4 members (excludes halogenated alkanes) is 12. The van der Waals surface area contributed by atoms with Crippen LogP contribution in [0.5, 0.6) is 0 Å². The topological polar surface area (TPSA) is 46.5 Å². The Hall–Kier alpha value is 0.174. The van der Waals surface area contributed by atoms with Crippen molar-refractivity contribution in [3.63, 3.8) is 0 Å². The second-order valence-electron chi connectivity index (χ2n) is 6.05. The summed E-state index contributed by atoms with van der Waals surface area (Å²) in [6.45, 7) is 2.72. The average Bonchev–Trinajstić information content (AvgIpc) is 2.50. The minimum atomic E-state index is -3.26. The van der Waals surface area contributed by atoms with Crippen LogP contribution in [0.4, 0.5) is 0 Å². The molecule has 0 saturated carbocycles. The third-order valence-corrected chi connectivity index (χ3v) is 4.59. The molecule has 0 rings (SSSR count). The molecule has 0 aliphatic rings. The molecule has 0 amide bonds. The minimum absolute atomic E-state index is 0.455. The van der Waals surface area contributed by atoms with Crippen molar-refractivity contribution in [3.8, 4) is 0 Å². The van der Waals surface area contributed by atoms with Gasteiger partial charge in [0.15, 0.2) is 0 Å². The van der Waals surface area contributed by atoms with Gasteiger partial charge in [-0.15, -0.1) is 0 Å². The molecule has 0 radical (unpaired) electrons. The van der Waals surface area contributed by atoms with Crippen LogP contribution in [0.15, 0.2) is 12.2 Å². The van der Waals surface area contributed by atoms with Crippen molar-refractivity contribution in [2.45, 2.75) is 96.8 Å². The van der Waals surface area contributed by atoms with Gasteiger partial charge in [0.1, 0.15) is 0 Å². The molecular weight excluding hydrogens is 312 g/mol. The summed E-state index contributed by atoms with van der Waals surface area (Å²) in [6.07, 6.45) is 22.5. The fraction of sp³-hybridized carbons (Fsp3) is 0.889. The summed E-state index contributed by atoms with van der Waals surface area (Å²) < 4.78 is 23.7. The van der Waals surface area contributed by atoms with Crippen LogP contribution in [0.1, 0.15) is 96.8 Å². The van der Waals surface area contributed by atoms with E-state index in [-0.39, 0.29) is 0 Å². The van der Waals surface area contributed by atoms with E-state index in [1.807, 2.05) is 0 Å². The summed E-state index contributed by atoms with van der Waals surface area (Å²) in [7, 11) is 0. The molecule has 4 heteroatoms. The van der Waals surface area contributed by atoms with Crippen molar-refractivity contribution < 1.29 is 28.9 Å². The molecule has 0 aromatic rings. The summed E-state index contributed by atoms with van der Waals surface area (Å²) in [5.41, 5.74) is 0. The van der Waals surface area contributed by atoms with Crippen LogP contribution in [0.3, 0.4) is 0 Å². The molecule has 3 nitrogen and oxygen atoms in total.